The van der Waals surface area contributed by atoms with Gasteiger partial charge in [0.05, 0.1) is 6.42 Å². The molecule has 0 amide bonds. The Balaban J connectivity index is 1.88. The predicted molar refractivity (Wildman–Crippen MR) is 112 cm³/mol. The molecule has 0 aliphatic heterocycles. The summed E-state index contributed by atoms with van der Waals surface area (Å²) in [6, 6.07) is 18.9. The van der Waals surface area contributed by atoms with Crippen molar-refractivity contribution in [1.82, 2.24) is 0 Å². The van der Waals surface area contributed by atoms with Gasteiger partial charge in [0.2, 0.25) is 11.4 Å². The van der Waals surface area contributed by atoms with Crippen LogP contribution >= 0.6 is 0 Å². The molecule has 0 atom stereocenters. The van der Waals surface area contributed by atoms with Gasteiger partial charge in [0.25, 0.3) is 0 Å². The van der Waals surface area contributed by atoms with E-state index in [9.17, 15) is 0 Å². The average molecular weight is 344 g/mol. The Labute approximate surface area is 156 Å². The van der Waals surface area contributed by atoms with Crippen molar-refractivity contribution in [3.63, 3.8) is 0 Å². The van der Waals surface area contributed by atoms with Gasteiger partial charge < -0.3 is 4.90 Å². The molecule has 2 aromatic rings. The van der Waals surface area contributed by atoms with Crippen molar-refractivity contribution in [2.24, 2.45) is 5.10 Å². The summed E-state index contributed by atoms with van der Waals surface area (Å²) in [5, 5.41) is 4.78. The van der Waals surface area contributed by atoms with E-state index in [-0.39, 0.29) is 0 Å². The monoisotopic (exact) mass is 344 g/mol. The fourth-order valence-corrected chi connectivity index (χ4v) is 3.02. The van der Waals surface area contributed by atoms with Crippen LogP contribution in [0.2, 0.25) is 0 Å². The van der Waals surface area contributed by atoms with E-state index in [2.05, 4.69) is 79.4 Å². The average Bonchev–Trinajstić information content (AvgIpc) is 2.72. The minimum atomic E-state index is 0.879. The molecule has 2 aromatic carbocycles. The van der Waals surface area contributed by atoms with Crippen molar-refractivity contribution in [3.05, 3.63) is 84.5 Å². The summed E-state index contributed by atoms with van der Waals surface area (Å²) < 4.78 is 2.01. The molecule has 0 heterocycles. The van der Waals surface area contributed by atoms with Crippen LogP contribution in [0.25, 0.3) is 0 Å². The first-order valence-corrected chi connectivity index (χ1v) is 9.25. The maximum Gasteiger partial charge on any atom is 0.238 e. The molecule has 0 radical (unpaired) electrons. The second-order valence-corrected chi connectivity index (χ2v) is 6.14. The van der Waals surface area contributed by atoms with Crippen LogP contribution in [0, 0.1) is 0 Å². The van der Waals surface area contributed by atoms with Crippen molar-refractivity contribution in [1.29, 1.82) is 0 Å². The van der Waals surface area contributed by atoms with Crippen LogP contribution in [0.4, 0.5) is 11.4 Å². The van der Waals surface area contributed by atoms with Gasteiger partial charge in [-0.3, -0.25) is 0 Å². The van der Waals surface area contributed by atoms with Crippen LogP contribution < -0.4 is 4.90 Å². The van der Waals surface area contributed by atoms with E-state index in [1.165, 1.54) is 5.69 Å². The zero-order valence-electron chi connectivity index (χ0n) is 15.5. The third kappa shape index (κ3) is 4.37. The van der Waals surface area contributed by atoms with E-state index in [1.54, 1.807) is 0 Å². The molecule has 132 valence electrons. The molecule has 0 fully saturated rings. The molecule has 1 aliphatic carbocycles. The predicted octanol–water partition coefficient (Wildman–Crippen LogP) is 5.17. The van der Waals surface area contributed by atoms with Gasteiger partial charge in [0, 0.05) is 37.0 Å². The van der Waals surface area contributed by atoms with Gasteiger partial charge in [-0.05, 0) is 41.3 Å². The molecule has 3 nitrogen and oxygen atoms in total. The minimum absolute atomic E-state index is 0.879. The number of hydrogen-bond acceptors (Lipinski definition) is 2. The SMILES string of the molecule is CCN(CC)c1ccc(C=N[N+](=C2C=CC=CC2)c2ccccc2)cc1. The number of anilines is 1. The molecule has 3 rings (SSSR count). The molecule has 26 heavy (non-hydrogen) atoms. The second-order valence-electron chi connectivity index (χ2n) is 6.14. The Hall–Kier alpha value is -2.94. The number of hydrazone groups is 1. The normalized spacial score (nSPS) is 15.5. The number of hydrogen-bond donors (Lipinski definition) is 0. The summed E-state index contributed by atoms with van der Waals surface area (Å²) in [7, 11) is 0. The van der Waals surface area contributed by atoms with E-state index in [1.807, 2.05) is 29.1 Å². The first kappa shape index (κ1) is 17.9. The molecule has 0 saturated carbocycles. The zero-order valence-corrected chi connectivity index (χ0v) is 15.5. The molecular formula is C23H26N3+. The standard InChI is InChI=1S/C23H26N3/c1-3-25(4-2)21-17-15-20(16-18-21)19-24-26(22-11-7-5-8-12-22)23-13-9-6-10-14-23/h5-13,15-19H,3-4,14H2,1-2H3/q+1. The highest BCUT2D eigenvalue weighted by Crippen LogP contribution is 2.16. The van der Waals surface area contributed by atoms with E-state index in [0.29, 0.717) is 0 Å². The van der Waals surface area contributed by atoms with Gasteiger partial charge >= 0.3 is 0 Å². The highest BCUT2D eigenvalue weighted by Gasteiger charge is 2.15. The summed E-state index contributed by atoms with van der Waals surface area (Å²) in [5.74, 6) is 0. The largest absolute Gasteiger partial charge is 0.372 e. The van der Waals surface area contributed by atoms with E-state index < -0.39 is 0 Å². The Bertz CT molecular complexity index is 824. The van der Waals surface area contributed by atoms with Gasteiger partial charge in [-0.25, -0.2) is 0 Å². The van der Waals surface area contributed by atoms with Crippen molar-refractivity contribution in [2.45, 2.75) is 20.3 Å². The Morgan fingerprint density at radius 2 is 1.69 bits per heavy atom. The molecule has 3 heteroatoms. The summed E-state index contributed by atoms with van der Waals surface area (Å²) in [6.07, 6.45) is 11.2. The third-order valence-corrected chi connectivity index (χ3v) is 4.48. The maximum atomic E-state index is 4.78. The quantitative estimate of drug-likeness (QED) is 0.402. The summed E-state index contributed by atoms with van der Waals surface area (Å²) in [5.41, 5.74) is 4.58. The molecule has 0 N–H and O–H groups in total. The summed E-state index contributed by atoms with van der Waals surface area (Å²) >= 11 is 0. The fraction of sp³-hybridized carbons (Fsp3) is 0.217. The first-order chi connectivity index (χ1) is 12.8. The molecular weight excluding hydrogens is 318 g/mol. The van der Waals surface area contributed by atoms with E-state index >= 15 is 0 Å². The number of benzene rings is 2. The summed E-state index contributed by atoms with van der Waals surface area (Å²) in [6.45, 7) is 6.40. The molecule has 0 aromatic heterocycles. The van der Waals surface area contributed by atoms with Crippen LogP contribution in [0.1, 0.15) is 25.8 Å². The van der Waals surface area contributed by atoms with Crippen LogP contribution in [-0.2, 0) is 0 Å². The Kier molecular flexibility index (Phi) is 6.15. The molecule has 1 aliphatic rings. The lowest BCUT2D eigenvalue weighted by Crippen LogP contribution is -2.21. The highest BCUT2D eigenvalue weighted by atomic mass is 15.4. The van der Waals surface area contributed by atoms with Gasteiger partial charge in [-0.2, -0.15) is 0 Å². The van der Waals surface area contributed by atoms with Crippen molar-refractivity contribution < 1.29 is 4.68 Å². The number of allylic oxidation sites excluding steroid dienone is 4. The lowest BCUT2D eigenvalue weighted by Gasteiger charge is -2.20. The number of nitrogens with zero attached hydrogens (tertiary/aromatic N) is 3. The number of para-hydroxylation sites is 1. The van der Waals surface area contributed by atoms with Gasteiger partial charge in [-0.1, -0.05) is 48.6 Å². The van der Waals surface area contributed by atoms with Crippen LogP contribution in [0.15, 0.2) is 84.0 Å². The second kappa shape index (κ2) is 8.95. The lowest BCUT2D eigenvalue weighted by molar-refractivity contribution is -0.445. The Morgan fingerprint density at radius 3 is 2.31 bits per heavy atom. The molecule has 0 saturated heterocycles. The van der Waals surface area contributed by atoms with Crippen molar-refractivity contribution >= 4 is 23.3 Å². The van der Waals surface area contributed by atoms with Crippen LogP contribution in [0.5, 0.6) is 0 Å². The maximum absolute atomic E-state index is 4.78. The van der Waals surface area contributed by atoms with Crippen LogP contribution in [0.3, 0.4) is 0 Å². The fourth-order valence-electron chi connectivity index (χ4n) is 3.02. The third-order valence-electron chi connectivity index (χ3n) is 4.48. The van der Waals surface area contributed by atoms with Gasteiger partial charge in [0.1, 0.15) is 6.21 Å². The topological polar surface area (TPSA) is 18.6 Å². The zero-order chi connectivity index (χ0) is 18.2. The lowest BCUT2D eigenvalue weighted by atomic mass is 10.1. The number of rotatable bonds is 6. The van der Waals surface area contributed by atoms with Crippen LogP contribution in [-0.4, -0.2) is 29.7 Å². The summed E-state index contributed by atoms with van der Waals surface area (Å²) in [4.78, 5) is 2.34. The van der Waals surface area contributed by atoms with Crippen molar-refractivity contribution in [2.75, 3.05) is 18.0 Å². The van der Waals surface area contributed by atoms with Crippen molar-refractivity contribution in [3.8, 4) is 0 Å². The Morgan fingerprint density at radius 1 is 0.962 bits per heavy atom. The van der Waals surface area contributed by atoms with E-state index in [4.69, 9.17) is 5.10 Å². The molecule has 0 unspecified atom stereocenters. The smallest absolute Gasteiger partial charge is 0.238 e. The van der Waals surface area contributed by atoms with Gasteiger partial charge in [0.15, 0.2) is 0 Å². The van der Waals surface area contributed by atoms with Gasteiger partial charge in [-0.15, -0.1) is 0 Å². The van der Waals surface area contributed by atoms with E-state index in [0.717, 1.165) is 36.5 Å². The molecule has 0 bridgehead atoms. The first-order valence-electron chi connectivity index (χ1n) is 9.25. The molecule has 0 spiro atoms. The minimum Gasteiger partial charge on any atom is -0.372 e. The highest BCUT2D eigenvalue weighted by molar-refractivity contribution is 5.94.